The number of nitro benzene ring substituents is 1. The van der Waals surface area contributed by atoms with Gasteiger partial charge < -0.3 is 0 Å². The van der Waals surface area contributed by atoms with Crippen molar-refractivity contribution in [1.29, 1.82) is 0 Å². The van der Waals surface area contributed by atoms with Crippen molar-refractivity contribution in [2.75, 3.05) is 0 Å². The fraction of sp³-hybridized carbons (Fsp3) is 0.143. The molecule has 0 N–H and O–H groups in total. The van der Waals surface area contributed by atoms with Crippen LogP contribution in [0, 0.1) is 10.1 Å². The molecule has 1 atom stereocenters. The highest BCUT2D eigenvalue weighted by molar-refractivity contribution is 8.76. The summed E-state index contributed by atoms with van der Waals surface area (Å²) in [6, 6.07) is 17.0. The minimum absolute atomic E-state index is 0.167. The zero-order valence-electron chi connectivity index (χ0n) is 10.4. The van der Waals surface area contributed by atoms with E-state index in [1.165, 1.54) is 22.4 Å². The van der Waals surface area contributed by atoms with Gasteiger partial charge in [-0.2, -0.15) is 0 Å². The average Bonchev–Trinajstić information content (AvgIpc) is 2.46. The molecule has 0 saturated carbocycles. The number of hydrogen-bond acceptors (Lipinski definition) is 4. The third kappa shape index (κ3) is 3.75. The fourth-order valence-electron chi connectivity index (χ4n) is 1.58. The van der Waals surface area contributed by atoms with Crippen molar-refractivity contribution in [3.63, 3.8) is 0 Å². The molecule has 0 radical (unpaired) electrons. The maximum absolute atomic E-state index is 10.9. The van der Waals surface area contributed by atoms with Gasteiger partial charge in [-0.1, -0.05) is 53.3 Å². The van der Waals surface area contributed by atoms with Crippen LogP contribution in [-0.2, 0) is 0 Å². The molecule has 19 heavy (non-hydrogen) atoms. The summed E-state index contributed by atoms with van der Waals surface area (Å²) in [5.41, 5.74) is 1.39. The van der Waals surface area contributed by atoms with E-state index in [1.54, 1.807) is 22.9 Å². The first-order valence-corrected chi connectivity index (χ1v) is 8.01. The van der Waals surface area contributed by atoms with E-state index < -0.39 is 0 Å². The van der Waals surface area contributed by atoms with Gasteiger partial charge in [-0.3, -0.25) is 10.1 Å². The minimum atomic E-state index is -0.337. The van der Waals surface area contributed by atoms with Gasteiger partial charge in [0.25, 0.3) is 5.69 Å². The molecular weight excluding hydrogens is 278 g/mol. The van der Waals surface area contributed by atoms with Crippen molar-refractivity contribution in [2.24, 2.45) is 0 Å². The van der Waals surface area contributed by atoms with Crippen LogP contribution in [0.15, 0.2) is 59.5 Å². The number of nitro groups is 1. The highest BCUT2D eigenvalue weighted by atomic mass is 33.1. The lowest BCUT2D eigenvalue weighted by Crippen LogP contribution is -1.90. The molecule has 0 spiro atoms. The summed E-state index contributed by atoms with van der Waals surface area (Å²) < 4.78 is 0. The topological polar surface area (TPSA) is 43.1 Å². The molecule has 0 saturated heterocycles. The minimum Gasteiger partial charge on any atom is -0.258 e. The van der Waals surface area contributed by atoms with E-state index in [2.05, 4.69) is 19.1 Å². The van der Waals surface area contributed by atoms with E-state index in [-0.39, 0.29) is 15.9 Å². The molecule has 2 aromatic carbocycles. The third-order valence-electron chi connectivity index (χ3n) is 2.61. The Kier molecular flexibility index (Phi) is 4.87. The molecule has 0 heterocycles. The van der Waals surface area contributed by atoms with Crippen molar-refractivity contribution in [3.05, 3.63) is 70.3 Å². The summed E-state index contributed by atoms with van der Waals surface area (Å²) in [5.74, 6) is 0. The number of hydrogen-bond donors (Lipinski definition) is 0. The first-order chi connectivity index (χ1) is 9.18. The molecule has 0 fully saturated rings. The van der Waals surface area contributed by atoms with Gasteiger partial charge in [0.15, 0.2) is 0 Å². The van der Waals surface area contributed by atoms with E-state index >= 15 is 0 Å². The SMILES string of the molecule is CC(SSc1ccccc1[N+](=O)[O-])c1ccccc1. The molecule has 0 aromatic heterocycles. The lowest BCUT2D eigenvalue weighted by Gasteiger charge is -2.10. The zero-order valence-corrected chi connectivity index (χ0v) is 12.0. The first-order valence-electron chi connectivity index (χ1n) is 5.80. The highest BCUT2D eigenvalue weighted by Gasteiger charge is 2.15. The predicted octanol–water partition coefficient (Wildman–Crippen LogP) is 5.10. The average molecular weight is 291 g/mol. The van der Waals surface area contributed by atoms with E-state index in [0.717, 1.165) is 0 Å². The molecule has 3 nitrogen and oxygen atoms in total. The van der Waals surface area contributed by atoms with Crippen LogP contribution in [0.1, 0.15) is 17.7 Å². The quantitative estimate of drug-likeness (QED) is 0.437. The fourth-order valence-corrected chi connectivity index (χ4v) is 3.96. The Balaban J connectivity index is 2.05. The number of para-hydroxylation sites is 1. The second-order valence-electron chi connectivity index (χ2n) is 3.96. The third-order valence-corrected chi connectivity index (χ3v) is 5.49. The molecule has 98 valence electrons. The summed E-state index contributed by atoms with van der Waals surface area (Å²) in [7, 11) is 3.08. The maximum atomic E-state index is 10.9. The number of benzene rings is 2. The largest absolute Gasteiger partial charge is 0.283 e. The molecule has 2 aromatic rings. The maximum Gasteiger partial charge on any atom is 0.283 e. The lowest BCUT2D eigenvalue weighted by molar-refractivity contribution is -0.387. The predicted molar refractivity (Wildman–Crippen MR) is 81.4 cm³/mol. The molecule has 0 aliphatic heterocycles. The van der Waals surface area contributed by atoms with Gasteiger partial charge in [-0.05, 0) is 29.3 Å². The summed E-state index contributed by atoms with van der Waals surface area (Å²) in [4.78, 5) is 11.3. The lowest BCUT2D eigenvalue weighted by atomic mass is 10.2. The normalized spacial score (nSPS) is 12.1. The Morgan fingerprint density at radius 1 is 1.05 bits per heavy atom. The zero-order chi connectivity index (χ0) is 13.7. The van der Waals surface area contributed by atoms with Gasteiger partial charge in [-0.15, -0.1) is 0 Å². The summed E-state index contributed by atoms with van der Waals surface area (Å²) in [5, 5.41) is 11.2. The molecule has 0 aliphatic carbocycles. The summed E-state index contributed by atoms with van der Waals surface area (Å²) in [6.45, 7) is 2.10. The standard InChI is InChI=1S/C14H13NO2S2/c1-11(12-7-3-2-4-8-12)18-19-14-10-6-5-9-13(14)15(16)17/h2-11H,1H3. The van der Waals surface area contributed by atoms with Crippen molar-refractivity contribution < 1.29 is 4.92 Å². The van der Waals surface area contributed by atoms with Crippen LogP contribution in [-0.4, -0.2) is 4.92 Å². The van der Waals surface area contributed by atoms with Crippen molar-refractivity contribution in [3.8, 4) is 0 Å². The molecule has 5 heteroatoms. The second kappa shape index (κ2) is 6.63. The molecule has 0 bridgehead atoms. The van der Waals surface area contributed by atoms with E-state index in [0.29, 0.717) is 4.90 Å². The monoisotopic (exact) mass is 291 g/mol. The van der Waals surface area contributed by atoms with Gasteiger partial charge in [0, 0.05) is 11.3 Å². The van der Waals surface area contributed by atoms with Crippen LogP contribution in [0.25, 0.3) is 0 Å². The Morgan fingerprint density at radius 2 is 1.68 bits per heavy atom. The number of nitrogens with zero attached hydrogens (tertiary/aromatic N) is 1. The Hall–Kier alpha value is -1.46. The van der Waals surface area contributed by atoms with Gasteiger partial charge in [0.05, 0.1) is 9.82 Å². The van der Waals surface area contributed by atoms with Gasteiger partial charge >= 0.3 is 0 Å². The van der Waals surface area contributed by atoms with Crippen LogP contribution in [0.3, 0.4) is 0 Å². The molecule has 0 aliphatic rings. The van der Waals surface area contributed by atoms with Crippen LogP contribution < -0.4 is 0 Å². The summed E-state index contributed by atoms with van der Waals surface area (Å²) >= 11 is 0. The van der Waals surface area contributed by atoms with Gasteiger partial charge in [0.2, 0.25) is 0 Å². The van der Waals surface area contributed by atoms with Crippen LogP contribution in [0.2, 0.25) is 0 Å². The van der Waals surface area contributed by atoms with Crippen LogP contribution in [0.4, 0.5) is 5.69 Å². The molecule has 1 unspecified atom stereocenters. The molecule has 2 rings (SSSR count). The molecular formula is C14H13NO2S2. The van der Waals surface area contributed by atoms with E-state index in [4.69, 9.17) is 0 Å². The van der Waals surface area contributed by atoms with Gasteiger partial charge in [-0.25, -0.2) is 0 Å². The second-order valence-corrected chi connectivity index (χ2v) is 6.54. The van der Waals surface area contributed by atoms with E-state index in [9.17, 15) is 10.1 Å². The summed E-state index contributed by atoms with van der Waals surface area (Å²) in [6.07, 6.45) is 0. The van der Waals surface area contributed by atoms with Crippen molar-refractivity contribution in [1.82, 2.24) is 0 Å². The van der Waals surface area contributed by atoms with Crippen molar-refractivity contribution >= 4 is 27.3 Å². The smallest absolute Gasteiger partial charge is 0.258 e. The number of rotatable bonds is 5. The Morgan fingerprint density at radius 3 is 2.37 bits per heavy atom. The van der Waals surface area contributed by atoms with Gasteiger partial charge in [0.1, 0.15) is 0 Å². The Labute approximate surface area is 120 Å². The Bertz CT molecular complexity index is 560. The van der Waals surface area contributed by atoms with Crippen molar-refractivity contribution in [2.45, 2.75) is 17.1 Å². The van der Waals surface area contributed by atoms with Crippen LogP contribution >= 0.6 is 21.6 Å². The van der Waals surface area contributed by atoms with E-state index in [1.807, 2.05) is 24.3 Å². The first kappa shape index (κ1) is 14.0. The van der Waals surface area contributed by atoms with Crippen LogP contribution in [0.5, 0.6) is 0 Å². The molecule has 0 amide bonds. The highest BCUT2D eigenvalue weighted by Crippen LogP contribution is 2.44.